The van der Waals surface area contributed by atoms with E-state index in [1.165, 1.54) is 24.9 Å². The molecule has 0 fully saturated rings. The number of aromatic nitrogens is 2. The van der Waals surface area contributed by atoms with E-state index < -0.39 is 23.9 Å². The van der Waals surface area contributed by atoms with Crippen molar-refractivity contribution in [2.24, 2.45) is 0 Å². The van der Waals surface area contributed by atoms with Gasteiger partial charge in [-0.05, 0) is 6.92 Å². The minimum Gasteiger partial charge on any atom is -0.478 e. The van der Waals surface area contributed by atoms with Gasteiger partial charge in [0.2, 0.25) is 0 Å². The van der Waals surface area contributed by atoms with Crippen molar-refractivity contribution in [3.63, 3.8) is 0 Å². The van der Waals surface area contributed by atoms with Gasteiger partial charge in [0.1, 0.15) is 6.04 Å². The lowest BCUT2D eigenvalue weighted by Crippen LogP contribution is -2.40. The molecular formula is C9H12N4O4. The number of carbonyl (C=O) groups is 3. The molecule has 0 aliphatic carbocycles. The summed E-state index contributed by atoms with van der Waals surface area (Å²) >= 11 is 0. The van der Waals surface area contributed by atoms with E-state index >= 15 is 0 Å². The van der Waals surface area contributed by atoms with E-state index in [4.69, 9.17) is 5.11 Å². The van der Waals surface area contributed by atoms with E-state index in [1.807, 2.05) is 0 Å². The van der Waals surface area contributed by atoms with Crippen LogP contribution in [0.4, 0.5) is 4.79 Å². The van der Waals surface area contributed by atoms with Crippen molar-refractivity contribution >= 4 is 17.9 Å². The second-order valence-electron chi connectivity index (χ2n) is 3.26. The van der Waals surface area contributed by atoms with Crippen LogP contribution in [0.5, 0.6) is 0 Å². The van der Waals surface area contributed by atoms with Crippen molar-refractivity contribution < 1.29 is 19.5 Å². The number of aromatic carboxylic acids is 1. The van der Waals surface area contributed by atoms with Crippen LogP contribution in [0, 0.1) is 0 Å². The van der Waals surface area contributed by atoms with Crippen LogP contribution in [0.1, 0.15) is 23.3 Å². The second-order valence-corrected chi connectivity index (χ2v) is 3.26. The molecule has 0 spiro atoms. The predicted molar refractivity (Wildman–Crippen MR) is 56.5 cm³/mol. The van der Waals surface area contributed by atoms with Gasteiger partial charge < -0.3 is 10.4 Å². The molecule has 1 aromatic rings. The predicted octanol–water partition coefficient (Wildman–Crippen LogP) is -0.402. The number of urea groups is 1. The topological polar surface area (TPSA) is 113 Å². The smallest absolute Gasteiger partial charge is 0.338 e. The van der Waals surface area contributed by atoms with E-state index in [9.17, 15) is 14.4 Å². The minimum atomic E-state index is -1.13. The maximum atomic E-state index is 11.5. The molecule has 0 aliphatic rings. The van der Waals surface area contributed by atoms with Crippen molar-refractivity contribution in [2.75, 3.05) is 7.05 Å². The fourth-order valence-electron chi connectivity index (χ4n) is 1.06. The Labute approximate surface area is 96.6 Å². The van der Waals surface area contributed by atoms with Crippen LogP contribution in [-0.2, 0) is 4.79 Å². The van der Waals surface area contributed by atoms with Crippen LogP contribution in [-0.4, -0.2) is 39.8 Å². The summed E-state index contributed by atoms with van der Waals surface area (Å²) in [6.45, 7) is 1.50. The summed E-state index contributed by atoms with van der Waals surface area (Å²) in [7, 11) is 1.38. The number of imide groups is 1. The lowest BCUT2D eigenvalue weighted by Gasteiger charge is -2.11. The molecular weight excluding hydrogens is 228 g/mol. The Kier molecular flexibility index (Phi) is 3.81. The summed E-state index contributed by atoms with van der Waals surface area (Å²) in [6, 6.07) is -1.41. The first kappa shape index (κ1) is 12.7. The van der Waals surface area contributed by atoms with Gasteiger partial charge in [0, 0.05) is 13.2 Å². The van der Waals surface area contributed by atoms with Gasteiger partial charge in [0.05, 0.1) is 11.8 Å². The molecule has 0 aromatic carbocycles. The third-order valence-electron chi connectivity index (χ3n) is 2.09. The average Bonchev–Trinajstić information content (AvgIpc) is 2.77. The number of carboxylic acid groups (broad SMARTS) is 1. The zero-order valence-corrected chi connectivity index (χ0v) is 9.30. The Bertz CT molecular complexity index is 454. The van der Waals surface area contributed by atoms with Crippen LogP contribution >= 0.6 is 0 Å². The largest absolute Gasteiger partial charge is 0.478 e. The van der Waals surface area contributed by atoms with Gasteiger partial charge in [-0.2, -0.15) is 5.10 Å². The summed E-state index contributed by atoms with van der Waals surface area (Å²) in [6.07, 6.45) is 2.35. The Hall–Kier alpha value is -2.38. The first-order chi connectivity index (χ1) is 7.95. The number of carbonyl (C=O) groups excluding carboxylic acids is 2. The van der Waals surface area contributed by atoms with Crippen molar-refractivity contribution in [1.82, 2.24) is 20.4 Å². The molecule has 0 saturated carbocycles. The van der Waals surface area contributed by atoms with Gasteiger partial charge in [-0.1, -0.05) is 0 Å². The normalized spacial score (nSPS) is 11.6. The highest BCUT2D eigenvalue weighted by Gasteiger charge is 2.18. The SMILES string of the molecule is CNC(=O)NC(=O)C(C)n1cc(C(=O)O)cn1. The van der Waals surface area contributed by atoms with Crippen LogP contribution in [0.25, 0.3) is 0 Å². The van der Waals surface area contributed by atoms with Crippen LogP contribution < -0.4 is 10.6 Å². The molecule has 92 valence electrons. The number of carboxylic acids is 1. The summed E-state index contributed by atoms with van der Waals surface area (Å²) in [5.74, 6) is -1.71. The quantitative estimate of drug-likeness (QED) is 0.665. The molecule has 17 heavy (non-hydrogen) atoms. The average molecular weight is 240 g/mol. The van der Waals surface area contributed by atoms with Crippen molar-refractivity contribution in [1.29, 1.82) is 0 Å². The minimum absolute atomic E-state index is 0.0235. The molecule has 1 unspecified atom stereocenters. The Morgan fingerprint density at radius 1 is 1.47 bits per heavy atom. The maximum Gasteiger partial charge on any atom is 0.338 e. The number of rotatable bonds is 3. The summed E-state index contributed by atoms with van der Waals surface area (Å²) in [4.78, 5) is 33.0. The lowest BCUT2D eigenvalue weighted by molar-refractivity contribution is -0.123. The summed E-state index contributed by atoms with van der Waals surface area (Å²) in [5.41, 5.74) is -0.0235. The molecule has 1 aromatic heterocycles. The lowest BCUT2D eigenvalue weighted by atomic mass is 10.3. The van der Waals surface area contributed by atoms with Crippen LogP contribution in [0.2, 0.25) is 0 Å². The van der Waals surface area contributed by atoms with Crippen LogP contribution in [0.3, 0.4) is 0 Å². The molecule has 0 saturated heterocycles. The number of nitrogens with one attached hydrogen (secondary N) is 2. The van der Waals surface area contributed by atoms with Crippen molar-refractivity contribution in [3.8, 4) is 0 Å². The Balaban J connectivity index is 2.74. The highest BCUT2D eigenvalue weighted by Crippen LogP contribution is 2.06. The van der Waals surface area contributed by atoms with Gasteiger partial charge in [0.15, 0.2) is 0 Å². The molecule has 0 bridgehead atoms. The number of hydrogen-bond acceptors (Lipinski definition) is 4. The van der Waals surface area contributed by atoms with Crippen LogP contribution in [0.15, 0.2) is 12.4 Å². The highest BCUT2D eigenvalue weighted by atomic mass is 16.4. The van der Waals surface area contributed by atoms with Gasteiger partial charge in [-0.15, -0.1) is 0 Å². The van der Waals surface area contributed by atoms with E-state index in [0.717, 1.165) is 6.20 Å². The van der Waals surface area contributed by atoms with Crippen molar-refractivity contribution in [2.45, 2.75) is 13.0 Å². The maximum absolute atomic E-state index is 11.5. The Morgan fingerprint density at radius 2 is 2.12 bits per heavy atom. The van der Waals surface area contributed by atoms with E-state index in [1.54, 1.807) is 0 Å². The molecule has 1 rings (SSSR count). The molecule has 3 amide bonds. The Morgan fingerprint density at radius 3 is 2.59 bits per heavy atom. The third kappa shape index (κ3) is 3.03. The van der Waals surface area contributed by atoms with Gasteiger partial charge in [-0.3, -0.25) is 14.8 Å². The molecule has 8 nitrogen and oxygen atoms in total. The standard InChI is InChI=1S/C9H12N4O4/c1-5(7(14)12-9(17)10-2)13-4-6(3-11-13)8(15)16/h3-5H,1-2H3,(H,15,16)(H2,10,12,14,17). The first-order valence-corrected chi connectivity index (χ1v) is 4.75. The van der Waals surface area contributed by atoms with Gasteiger partial charge in [0.25, 0.3) is 5.91 Å². The third-order valence-corrected chi connectivity index (χ3v) is 2.09. The number of nitrogens with zero attached hydrogens (tertiary/aromatic N) is 2. The fourth-order valence-corrected chi connectivity index (χ4v) is 1.06. The fraction of sp³-hybridized carbons (Fsp3) is 0.333. The zero-order valence-electron chi connectivity index (χ0n) is 9.30. The first-order valence-electron chi connectivity index (χ1n) is 4.75. The molecule has 0 radical (unpaired) electrons. The number of hydrogen-bond donors (Lipinski definition) is 3. The summed E-state index contributed by atoms with van der Waals surface area (Å²) < 4.78 is 1.17. The van der Waals surface area contributed by atoms with Crippen molar-refractivity contribution in [3.05, 3.63) is 18.0 Å². The van der Waals surface area contributed by atoms with E-state index in [2.05, 4.69) is 15.7 Å². The molecule has 3 N–H and O–H groups in total. The summed E-state index contributed by atoms with van der Waals surface area (Å²) in [5, 5.41) is 16.7. The highest BCUT2D eigenvalue weighted by molar-refractivity contribution is 5.96. The van der Waals surface area contributed by atoms with Gasteiger partial charge in [-0.25, -0.2) is 9.59 Å². The van der Waals surface area contributed by atoms with E-state index in [-0.39, 0.29) is 5.56 Å². The second kappa shape index (κ2) is 5.10. The van der Waals surface area contributed by atoms with E-state index in [0.29, 0.717) is 0 Å². The monoisotopic (exact) mass is 240 g/mol. The molecule has 0 aliphatic heterocycles. The number of amides is 3. The molecule has 8 heteroatoms. The van der Waals surface area contributed by atoms with Gasteiger partial charge >= 0.3 is 12.0 Å². The molecule has 1 heterocycles. The zero-order chi connectivity index (χ0) is 13.0. The molecule has 1 atom stereocenters.